The van der Waals surface area contributed by atoms with Gasteiger partial charge in [0.15, 0.2) is 0 Å². The van der Waals surface area contributed by atoms with Gasteiger partial charge in [0.1, 0.15) is 5.60 Å². The molecule has 1 atom stereocenters. The van der Waals surface area contributed by atoms with Crippen LogP contribution in [0.25, 0.3) is 11.3 Å². The van der Waals surface area contributed by atoms with Gasteiger partial charge in [0, 0.05) is 11.1 Å². The maximum atomic E-state index is 13.6. The van der Waals surface area contributed by atoms with E-state index < -0.39 is 21.5 Å². The van der Waals surface area contributed by atoms with Crippen molar-refractivity contribution in [2.45, 2.75) is 62.5 Å². The van der Waals surface area contributed by atoms with Crippen LogP contribution in [0.1, 0.15) is 50.6 Å². The average Bonchev–Trinajstić information content (AvgIpc) is 3.19. The van der Waals surface area contributed by atoms with E-state index in [2.05, 4.69) is 0 Å². The van der Waals surface area contributed by atoms with Crippen molar-refractivity contribution < 1.29 is 17.9 Å². The summed E-state index contributed by atoms with van der Waals surface area (Å²) >= 11 is 0. The molecule has 1 aromatic heterocycles. The van der Waals surface area contributed by atoms with Crippen LogP contribution in [-0.4, -0.2) is 29.8 Å². The number of aromatic nitrogens is 2. The van der Waals surface area contributed by atoms with E-state index in [4.69, 9.17) is 9.84 Å². The molecule has 0 amide bonds. The lowest BCUT2D eigenvalue weighted by molar-refractivity contribution is -0.153. The Labute approximate surface area is 218 Å². The molecule has 0 N–H and O–H groups in total. The average molecular weight is 517 g/mol. The van der Waals surface area contributed by atoms with Gasteiger partial charge in [-0.3, -0.25) is 9.48 Å². The molecule has 4 rings (SSSR count). The number of ether oxygens (including phenoxy) is 1. The van der Waals surface area contributed by atoms with E-state index in [9.17, 15) is 13.2 Å². The van der Waals surface area contributed by atoms with Gasteiger partial charge < -0.3 is 4.74 Å². The molecule has 0 saturated carbocycles. The maximum absolute atomic E-state index is 13.6. The van der Waals surface area contributed by atoms with Crippen molar-refractivity contribution in [1.82, 2.24) is 9.78 Å². The molecule has 192 valence electrons. The molecule has 1 heterocycles. The zero-order valence-electron chi connectivity index (χ0n) is 21.8. The summed E-state index contributed by atoms with van der Waals surface area (Å²) in [7, 11) is -3.76. The minimum atomic E-state index is -3.76. The van der Waals surface area contributed by atoms with Gasteiger partial charge in [0.25, 0.3) is 0 Å². The third-order valence-corrected chi connectivity index (χ3v) is 7.92. The lowest BCUT2D eigenvalue weighted by Gasteiger charge is -2.21. The highest BCUT2D eigenvalue weighted by molar-refractivity contribution is 7.91. The quantitative estimate of drug-likeness (QED) is 0.274. The van der Waals surface area contributed by atoms with Crippen molar-refractivity contribution in [2.24, 2.45) is 0 Å². The zero-order chi connectivity index (χ0) is 26.8. The Balaban J connectivity index is 1.85. The van der Waals surface area contributed by atoms with Crippen molar-refractivity contribution in [3.8, 4) is 11.3 Å². The second-order valence-corrected chi connectivity index (χ2v) is 11.9. The van der Waals surface area contributed by atoms with Crippen LogP contribution in [0.5, 0.6) is 0 Å². The van der Waals surface area contributed by atoms with Crippen LogP contribution in [0.15, 0.2) is 94.7 Å². The first-order valence-corrected chi connectivity index (χ1v) is 13.7. The topological polar surface area (TPSA) is 78.3 Å². The molecular formula is C30H32N2O4S. The first kappa shape index (κ1) is 26.4. The van der Waals surface area contributed by atoms with Gasteiger partial charge in [-0.15, -0.1) is 0 Å². The van der Waals surface area contributed by atoms with Crippen LogP contribution in [0.2, 0.25) is 0 Å². The van der Waals surface area contributed by atoms with E-state index in [1.54, 1.807) is 42.5 Å². The summed E-state index contributed by atoms with van der Waals surface area (Å²) in [5.41, 5.74) is 3.12. The van der Waals surface area contributed by atoms with Gasteiger partial charge in [-0.1, -0.05) is 66.7 Å². The molecule has 4 aromatic rings. The van der Waals surface area contributed by atoms with Crippen molar-refractivity contribution in [1.29, 1.82) is 0 Å². The number of carbonyl (C=O) groups excluding carboxylic acids is 1. The predicted molar refractivity (Wildman–Crippen MR) is 144 cm³/mol. The summed E-state index contributed by atoms with van der Waals surface area (Å²) < 4.78 is 34.6. The van der Waals surface area contributed by atoms with Crippen LogP contribution in [0.4, 0.5) is 0 Å². The molecule has 37 heavy (non-hydrogen) atoms. The van der Waals surface area contributed by atoms with Gasteiger partial charge >= 0.3 is 5.97 Å². The zero-order valence-corrected chi connectivity index (χ0v) is 22.6. The van der Waals surface area contributed by atoms with Gasteiger partial charge in [0.2, 0.25) is 9.84 Å². The molecule has 1 unspecified atom stereocenters. The van der Waals surface area contributed by atoms with Crippen LogP contribution in [0, 0.1) is 6.92 Å². The molecule has 0 aliphatic carbocycles. The molecule has 3 aromatic carbocycles. The van der Waals surface area contributed by atoms with Crippen molar-refractivity contribution in [3.05, 3.63) is 102 Å². The van der Waals surface area contributed by atoms with Gasteiger partial charge in [-0.2, -0.15) is 5.10 Å². The number of rotatable bonds is 7. The Morgan fingerprint density at radius 2 is 1.49 bits per heavy atom. The highest BCUT2D eigenvalue weighted by Gasteiger charge is 2.28. The number of hydrogen-bond acceptors (Lipinski definition) is 5. The van der Waals surface area contributed by atoms with E-state index in [0.29, 0.717) is 11.3 Å². The van der Waals surface area contributed by atoms with E-state index in [1.165, 1.54) is 0 Å². The highest BCUT2D eigenvalue weighted by Crippen LogP contribution is 2.35. The third-order valence-electron chi connectivity index (χ3n) is 6.08. The number of aryl methyl sites for hydroxylation is 1. The largest absolute Gasteiger partial charge is 0.460 e. The lowest BCUT2D eigenvalue weighted by atomic mass is 10.0. The smallest absolute Gasteiger partial charge is 0.310 e. The summed E-state index contributed by atoms with van der Waals surface area (Å²) in [5.74, 6) is -0.341. The van der Waals surface area contributed by atoms with Gasteiger partial charge in [0.05, 0.1) is 33.6 Å². The minimum Gasteiger partial charge on any atom is -0.460 e. The molecule has 0 fully saturated rings. The Hall–Kier alpha value is -3.71. The minimum absolute atomic E-state index is 0.0595. The summed E-state index contributed by atoms with van der Waals surface area (Å²) in [5, 5.41) is 4.82. The number of sulfone groups is 1. The molecule has 0 aliphatic heterocycles. The van der Waals surface area contributed by atoms with E-state index in [0.717, 1.165) is 16.8 Å². The molecule has 0 spiro atoms. The fourth-order valence-corrected chi connectivity index (χ4v) is 6.00. The van der Waals surface area contributed by atoms with Crippen molar-refractivity contribution >= 4 is 15.8 Å². The van der Waals surface area contributed by atoms with E-state index in [1.807, 2.05) is 81.8 Å². The van der Waals surface area contributed by atoms with Crippen molar-refractivity contribution in [2.75, 3.05) is 0 Å². The fraction of sp³-hybridized carbons (Fsp3) is 0.267. The van der Waals surface area contributed by atoms with Gasteiger partial charge in [-0.25, -0.2) is 8.42 Å². The highest BCUT2D eigenvalue weighted by atomic mass is 32.2. The van der Waals surface area contributed by atoms with Gasteiger partial charge in [-0.05, 0) is 58.4 Å². The molecule has 6 nitrogen and oxygen atoms in total. The van der Waals surface area contributed by atoms with Crippen LogP contribution in [0.3, 0.4) is 0 Å². The Morgan fingerprint density at radius 3 is 2.11 bits per heavy atom. The number of benzene rings is 3. The Kier molecular flexibility index (Phi) is 7.37. The van der Waals surface area contributed by atoms with Crippen molar-refractivity contribution in [3.63, 3.8) is 0 Å². The predicted octanol–water partition coefficient (Wildman–Crippen LogP) is 6.18. The number of esters is 1. The molecular weight excluding hydrogens is 484 g/mol. The number of carbonyl (C=O) groups is 1. The maximum Gasteiger partial charge on any atom is 0.310 e. The summed E-state index contributed by atoms with van der Waals surface area (Å²) in [6.07, 6.45) is 0.0595. The molecule has 7 heteroatoms. The number of hydrogen-bond donors (Lipinski definition) is 0. The Bertz CT molecular complexity index is 1500. The monoisotopic (exact) mass is 516 g/mol. The second-order valence-electron chi connectivity index (χ2n) is 10.0. The normalized spacial score (nSPS) is 12.8. The number of nitrogens with zero attached hydrogens (tertiary/aromatic N) is 2. The Morgan fingerprint density at radius 1 is 0.919 bits per heavy atom. The molecule has 0 bridgehead atoms. The van der Waals surface area contributed by atoms with E-state index in [-0.39, 0.29) is 22.2 Å². The fourth-order valence-electron chi connectivity index (χ4n) is 4.43. The summed E-state index contributed by atoms with van der Waals surface area (Å²) in [6, 6.07) is 24.7. The lowest BCUT2D eigenvalue weighted by Crippen LogP contribution is -2.25. The summed E-state index contributed by atoms with van der Waals surface area (Å²) in [6.45, 7) is 9.31. The second kappa shape index (κ2) is 10.3. The first-order chi connectivity index (χ1) is 17.5. The van der Waals surface area contributed by atoms with Crippen LogP contribution >= 0.6 is 0 Å². The van der Waals surface area contributed by atoms with Crippen LogP contribution in [-0.2, 0) is 25.8 Å². The first-order valence-electron chi connectivity index (χ1n) is 12.2. The third kappa shape index (κ3) is 5.67. The molecule has 0 saturated heterocycles. The standard InChI is InChI=1S/C30H32N2O4S/c1-21-26(20-28(33)36-30(3,4)5)29(23-14-8-6-9-15-23)32(31-21)22(2)25-18-12-13-19-27(25)37(34,35)24-16-10-7-11-17-24/h6-19,22H,20H2,1-5H3. The SMILES string of the molecule is Cc1nn(C(C)c2ccccc2S(=O)(=O)c2ccccc2)c(-c2ccccc2)c1CC(=O)OC(C)(C)C. The molecule has 0 aliphatic rings. The summed E-state index contributed by atoms with van der Waals surface area (Å²) in [4.78, 5) is 13.3. The van der Waals surface area contributed by atoms with Crippen LogP contribution < -0.4 is 0 Å². The van der Waals surface area contributed by atoms with E-state index >= 15 is 0 Å². The molecule has 0 radical (unpaired) electrons.